The zero-order chi connectivity index (χ0) is 26.6. The third-order valence-electron chi connectivity index (χ3n) is 5.17. The molecule has 3 aromatic heterocycles. The van der Waals surface area contributed by atoms with Gasteiger partial charge < -0.3 is 40.1 Å². The standard InChI is InChI=1S/C23H27N7O6/c1-13(31)25-14-7-18(29(3)10-14)22(35)27-16-9-19(30(4)12-16)23(36)26-15-8-17(28(2)11-15)21(34)24-6-5-20(32)33/h7-12H,5-6H2,1-4H3,(H,24,34)(H,25,31)(H,26,36)(H,27,35)(H,32,33). The van der Waals surface area contributed by atoms with E-state index in [-0.39, 0.29) is 30.3 Å². The summed E-state index contributed by atoms with van der Waals surface area (Å²) in [5.41, 5.74) is 2.06. The molecule has 0 saturated carbocycles. The predicted molar refractivity (Wildman–Crippen MR) is 131 cm³/mol. The Balaban J connectivity index is 1.67. The summed E-state index contributed by atoms with van der Waals surface area (Å²) >= 11 is 0. The number of anilines is 3. The molecule has 3 rings (SSSR count). The van der Waals surface area contributed by atoms with Gasteiger partial charge >= 0.3 is 5.97 Å². The molecule has 0 aromatic carbocycles. The van der Waals surface area contributed by atoms with Crippen molar-refractivity contribution in [3.63, 3.8) is 0 Å². The van der Waals surface area contributed by atoms with E-state index in [4.69, 9.17) is 5.11 Å². The summed E-state index contributed by atoms with van der Waals surface area (Å²) in [7, 11) is 4.94. The summed E-state index contributed by atoms with van der Waals surface area (Å²) in [5, 5.41) is 19.3. The van der Waals surface area contributed by atoms with Crippen LogP contribution in [0.3, 0.4) is 0 Å². The number of carbonyl (C=O) groups is 5. The van der Waals surface area contributed by atoms with E-state index in [1.165, 1.54) is 29.7 Å². The number of aryl methyl sites for hydroxylation is 3. The Morgan fingerprint density at radius 3 is 1.47 bits per heavy atom. The maximum Gasteiger partial charge on any atom is 0.305 e. The molecular weight excluding hydrogens is 470 g/mol. The van der Waals surface area contributed by atoms with Crippen molar-refractivity contribution in [2.24, 2.45) is 21.1 Å². The minimum Gasteiger partial charge on any atom is -0.481 e. The highest BCUT2D eigenvalue weighted by atomic mass is 16.4. The first-order chi connectivity index (χ1) is 16.9. The number of hydrogen-bond donors (Lipinski definition) is 5. The van der Waals surface area contributed by atoms with Gasteiger partial charge in [-0.2, -0.15) is 0 Å². The smallest absolute Gasteiger partial charge is 0.305 e. The molecule has 13 nitrogen and oxygen atoms in total. The summed E-state index contributed by atoms with van der Waals surface area (Å²) in [5.74, 6) is -2.63. The molecule has 3 aromatic rings. The number of carboxylic acids is 1. The fraction of sp³-hybridized carbons (Fsp3) is 0.261. The van der Waals surface area contributed by atoms with Crippen LogP contribution in [0.2, 0.25) is 0 Å². The monoisotopic (exact) mass is 497 g/mol. The molecule has 0 bridgehead atoms. The van der Waals surface area contributed by atoms with Crippen LogP contribution in [-0.4, -0.2) is 55.0 Å². The zero-order valence-electron chi connectivity index (χ0n) is 20.2. The first-order valence-electron chi connectivity index (χ1n) is 10.8. The molecule has 3 heterocycles. The van der Waals surface area contributed by atoms with Crippen LogP contribution in [0.25, 0.3) is 0 Å². The van der Waals surface area contributed by atoms with Crippen LogP contribution in [0.5, 0.6) is 0 Å². The van der Waals surface area contributed by atoms with Gasteiger partial charge in [-0.3, -0.25) is 24.0 Å². The number of nitrogens with one attached hydrogen (secondary N) is 4. The largest absolute Gasteiger partial charge is 0.481 e. The fourth-order valence-electron chi connectivity index (χ4n) is 3.54. The second-order valence-electron chi connectivity index (χ2n) is 8.16. The van der Waals surface area contributed by atoms with Gasteiger partial charge in [0.1, 0.15) is 17.1 Å². The topological polar surface area (TPSA) is 168 Å². The molecule has 0 aliphatic heterocycles. The van der Waals surface area contributed by atoms with E-state index in [1.807, 2.05) is 0 Å². The van der Waals surface area contributed by atoms with Crippen molar-refractivity contribution in [2.45, 2.75) is 13.3 Å². The Hall–Kier alpha value is -4.81. The average molecular weight is 498 g/mol. The predicted octanol–water partition coefficient (Wildman–Crippen LogP) is 1.37. The maximum absolute atomic E-state index is 12.8. The van der Waals surface area contributed by atoms with Crippen molar-refractivity contribution in [1.82, 2.24) is 19.0 Å². The summed E-state index contributed by atoms with van der Waals surface area (Å²) in [6, 6.07) is 4.52. The SMILES string of the molecule is CC(=O)Nc1cc(C(=O)Nc2cc(C(=O)Nc3cc(C(=O)NCCC(=O)O)n(C)c3)n(C)c2)n(C)c1. The molecule has 0 radical (unpaired) electrons. The van der Waals surface area contributed by atoms with Gasteiger partial charge in [0, 0.05) is 53.2 Å². The molecule has 5 N–H and O–H groups in total. The lowest BCUT2D eigenvalue weighted by molar-refractivity contribution is -0.136. The number of rotatable bonds is 9. The van der Waals surface area contributed by atoms with Crippen LogP contribution >= 0.6 is 0 Å². The summed E-state index contributed by atoms with van der Waals surface area (Å²) < 4.78 is 4.63. The molecule has 4 amide bonds. The Bertz CT molecular complexity index is 1350. The van der Waals surface area contributed by atoms with Crippen LogP contribution in [-0.2, 0) is 30.7 Å². The van der Waals surface area contributed by atoms with Gasteiger partial charge in [0.25, 0.3) is 17.7 Å². The highest BCUT2D eigenvalue weighted by Crippen LogP contribution is 2.19. The van der Waals surface area contributed by atoms with Crippen LogP contribution in [0, 0.1) is 0 Å². The maximum atomic E-state index is 12.8. The van der Waals surface area contributed by atoms with E-state index in [2.05, 4.69) is 21.3 Å². The Kier molecular flexibility index (Phi) is 7.62. The van der Waals surface area contributed by atoms with Gasteiger partial charge in [-0.15, -0.1) is 0 Å². The molecule has 0 atom stereocenters. The zero-order valence-corrected chi connectivity index (χ0v) is 20.2. The quantitative estimate of drug-likeness (QED) is 0.299. The van der Waals surface area contributed by atoms with Crippen LogP contribution in [0.1, 0.15) is 44.8 Å². The molecule has 0 aliphatic rings. The second kappa shape index (κ2) is 10.6. The summed E-state index contributed by atoms with van der Waals surface area (Å²) in [6.07, 6.45) is 4.54. The van der Waals surface area contributed by atoms with Crippen molar-refractivity contribution >= 4 is 46.7 Å². The molecule has 0 saturated heterocycles. The number of nitrogens with zero attached hydrogens (tertiary/aromatic N) is 3. The number of carbonyl (C=O) groups excluding carboxylic acids is 4. The molecule has 0 spiro atoms. The number of aliphatic carboxylic acids is 1. The molecule has 190 valence electrons. The first-order valence-corrected chi connectivity index (χ1v) is 10.8. The van der Waals surface area contributed by atoms with Gasteiger partial charge in [0.2, 0.25) is 5.91 Å². The van der Waals surface area contributed by atoms with Crippen molar-refractivity contribution in [1.29, 1.82) is 0 Å². The Morgan fingerprint density at radius 2 is 1.08 bits per heavy atom. The van der Waals surface area contributed by atoms with Crippen LogP contribution in [0.4, 0.5) is 17.1 Å². The summed E-state index contributed by atoms with van der Waals surface area (Å²) in [4.78, 5) is 59.7. The van der Waals surface area contributed by atoms with Gasteiger partial charge in [0.15, 0.2) is 0 Å². The average Bonchev–Trinajstić information content (AvgIpc) is 3.43. The Morgan fingerprint density at radius 1 is 0.694 bits per heavy atom. The van der Waals surface area contributed by atoms with Gasteiger partial charge in [-0.25, -0.2) is 0 Å². The van der Waals surface area contributed by atoms with E-state index in [9.17, 15) is 24.0 Å². The highest BCUT2D eigenvalue weighted by Gasteiger charge is 2.18. The third kappa shape index (κ3) is 6.20. The van der Waals surface area contributed by atoms with E-state index in [0.29, 0.717) is 22.8 Å². The number of carboxylic acid groups (broad SMARTS) is 1. The van der Waals surface area contributed by atoms with Gasteiger partial charge in [-0.05, 0) is 18.2 Å². The summed E-state index contributed by atoms with van der Waals surface area (Å²) in [6.45, 7) is 1.35. The van der Waals surface area contributed by atoms with E-state index in [1.54, 1.807) is 48.9 Å². The lowest BCUT2D eigenvalue weighted by atomic mass is 10.3. The molecule has 13 heteroatoms. The van der Waals surface area contributed by atoms with Crippen LogP contribution < -0.4 is 21.3 Å². The lowest BCUT2D eigenvalue weighted by Crippen LogP contribution is -2.27. The van der Waals surface area contributed by atoms with Crippen molar-refractivity contribution in [3.05, 3.63) is 53.9 Å². The fourth-order valence-corrected chi connectivity index (χ4v) is 3.54. The number of aromatic nitrogens is 3. The van der Waals surface area contributed by atoms with E-state index < -0.39 is 23.7 Å². The Labute approximate surface area is 206 Å². The normalized spacial score (nSPS) is 10.6. The molecule has 0 fully saturated rings. The third-order valence-corrected chi connectivity index (χ3v) is 5.17. The lowest BCUT2D eigenvalue weighted by Gasteiger charge is -2.04. The molecule has 0 unspecified atom stereocenters. The van der Waals surface area contributed by atoms with Crippen LogP contribution in [0.15, 0.2) is 36.8 Å². The van der Waals surface area contributed by atoms with Crippen molar-refractivity contribution < 1.29 is 29.1 Å². The highest BCUT2D eigenvalue weighted by molar-refractivity contribution is 6.07. The van der Waals surface area contributed by atoms with Gasteiger partial charge in [0.05, 0.1) is 23.5 Å². The molecular formula is C23H27N7O6. The minimum absolute atomic E-state index is 0.0177. The molecule has 0 aliphatic carbocycles. The number of amides is 4. The van der Waals surface area contributed by atoms with E-state index in [0.717, 1.165) is 0 Å². The van der Waals surface area contributed by atoms with E-state index >= 15 is 0 Å². The minimum atomic E-state index is -1.02. The second-order valence-corrected chi connectivity index (χ2v) is 8.16. The number of hydrogen-bond acceptors (Lipinski definition) is 5. The van der Waals surface area contributed by atoms with Gasteiger partial charge in [-0.1, -0.05) is 0 Å². The molecule has 36 heavy (non-hydrogen) atoms. The first kappa shape index (κ1) is 25.8. The van der Waals surface area contributed by atoms with Crippen molar-refractivity contribution in [3.8, 4) is 0 Å². The van der Waals surface area contributed by atoms with Crippen molar-refractivity contribution in [2.75, 3.05) is 22.5 Å².